The van der Waals surface area contributed by atoms with Crippen molar-refractivity contribution in [2.75, 3.05) is 13.1 Å². The summed E-state index contributed by atoms with van der Waals surface area (Å²) in [5.41, 5.74) is 0.765. The van der Waals surface area contributed by atoms with Crippen LogP contribution in [0.5, 0.6) is 0 Å². The predicted octanol–water partition coefficient (Wildman–Crippen LogP) is 0.884. The molecule has 0 bridgehead atoms. The van der Waals surface area contributed by atoms with Gasteiger partial charge in [0.25, 0.3) is 11.5 Å². The molecular weight excluding hydrogens is 344 g/mol. The highest BCUT2D eigenvalue weighted by atomic mass is 16.2. The van der Waals surface area contributed by atoms with Crippen LogP contribution in [0.15, 0.2) is 53.5 Å². The third-order valence-electron chi connectivity index (χ3n) is 4.68. The molecule has 1 saturated heterocycles. The van der Waals surface area contributed by atoms with Crippen molar-refractivity contribution in [2.45, 2.75) is 32.0 Å². The average molecular weight is 368 g/mol. The van der Waals surface area contributed by atoms with Gasteiger partial charge in [0, 0.05) is 31.9 Å². The first-order valence-corrected chi connectivity index (χ1v) is 9.12. The highest BCUT2D eigenvalue weighted by Crippen LogP contribution is 2.21. The lowest BCUT2D eigenvalue weighted by Gasteiger charge is -2.23. The molecule has 1 aliphatic rings. The molecule has 142 valence electrons. The van der Waals surface area contributed by atoms with E-state index in [0.29, 0.717) is 26.1 Å². The Morgan fingerprint density at radius 3 is 2.67 bits per heavy atom. The van der Waals surface area contributed by atoms with Crippen LogP contribution in [0.25, 0.3) is 0 Å². The summed E-state index contributed by atoms with van der Waals surface area (Å²) in [6, 6.07) is 12.5. The summed E-state index contributed by atoms with van der Waals surface area (Å²) >= 11 is 0. The van der Waals surface area contributed by atoms with Crippen molar-refractivity contribution in [3.05, 3.63) is 70.1 Å². The van der Waals surface area contributed by atoms with Crippen LogP contribution in [0, 0.1) is 0 Å². The first-order chi connectivity index (χ1) is 13.1. The number of likely N-dealkylation sites (tertiary alicyclic amines) is 1. The maximum atomic E-state index is 12.5. The van der Waals surface area contributed by atoms with E-state index in [0.717, 1.165) is 5.56 Å². The molecule has 0 aliphatic carbocycles. The molecule has 27 heavy (non-hydrogen) atoms. The van der Waals surface area contributed by atoms with E-state index in [4.69, 9.17) is 0 Å². The normalized spacial score (nSPS) is 19.6. The van der Waals surface area contributed by atoms with Gasteiger partial charge in [0.1, 0.15) is 5.56 Å². The lowest BCUT2D eigenvalue weighted by Crippen LogP contribution is -2.42. The summed E-state index contributed by atoms with van der Waals surface area (Å²) in [6.07, 6.45) is 2.00. The van der Waals surface area contributed by atoms with E-state index in [2.05, 4.69) is 20.5 Å². The summed E-state index contributed by atoms with van der Waals surface area (Å²) < 4.78 is 0. The molecule has 7 nitrogen and oxygen atoms in total. The number of nitrogens with zero attached hydrogens (tertiary/aromatic N) is 1. The maximum Gasteiger partial charge on any atom is 0.260 e. The quantitative estimate of drug-likeness (QED) is 0.706. The van der Waals surface area contributed by atoms with E-state index in [-0.39, 0.29) is 23.6 Å². The number of nitrogens with one attached hydrogen (secondary N) is 3. The Morgan fingerprint density at radius 2 is 1.96 bits per heavy atom. The minimum atomic E-state index is -0.422. The second-order valence-corrected chi connectivity index (χ2v) is 6.64. The number of amides is 2. The standard InChI is InChI=1S/C20H24N4O3/c1-2-21-20(27)17-11-15(13-24(17)12-14-7-4-3-5-8-14)23-19(26)16-9-6-10-22-18(16)25/h3-10,15,17H,2,11-13H2,1H3,(H,21,27)(H,22,25)(H,23,26)/t15-,17+/m1/s1. The lowest BCUT2D eigenvalue weighted by atomic mass is 10.1. The molecule has 1 aliphatic heterocycles. The Morgan fingerprint density at radius 1 is 1.19 bits per heavy atom. The van der Waals surface area contributed by atoms with Crippen molar-refractivity contribution in [3.63, 3.8) is 0 Å². The number of carbonyl (C=O) groups excluding carboxylic acids is 2. The molecule has 3 N–H and O–H groups in total. The molecule has 2 atom stereocenters. The number of benzene rings is 1. The lowest BCUT2D eigenvalue weighted by molar-refractivity contribution is -0.125. The highest BCUT2D eigenvalue weighted by Gasteiger charge is 2.37. The van der Waals surface area contributed by atoms with E-state index in [1.54, 1.807) is 6.07 Å². The molecule has 2 heterocycles. The largest absolute Gasteiger partial charge is 0.355 e. The number of rotatable bonds is 6. The number of H-pyrrole nitrogens is 1. The molecule has 1 fully saturated rings. The number of likely N-dealkylation sites (N-methyl/N-ethyl adjacent to an activating group) is 1. The van der Waals surface area contributed by atoms with E-state index in [1.165, 1.54) is 12.3 Å². The third kappa shape index (κ3) is 4.62. The van der Waals surface area contributed by atoms with Gasteiger partial charge in [-0.15, -0.1) is 0 Å². The van der Waals surface area contributed by atoms with Crippen molar-refractivity contribution in [1.82, 2.24) is 20.5 Å². The molecule has 7 heteroatoms. The van der Waals surface area contributed by atoms with Gasteiger partial charge in [0.2, 0.25) is 5.91 Å². The second-order valence-electron chi connectivity index (χ2n) is 6.64. The minimum absolute atomic E-state index is 0.0391. The predicted molar refractivity (Wildman–Crippen MR) is 102 cm³/mol. The van der Waals surface area contributed by atoms with E-state index < -0.39 is 11.5 Å². The molecular formula is C20H24N4O3. The molecule has 0 spiro atoms. The van der Waals surface area contributed by atoms with Crippen LogP contribution in [0.4, 0.5) is 0 Å². The summed E-state index contributed by atoms with van der Waals surface area (Å²) in [6.45, 7) is 3.62. The van der Waals surface area contributed by atoms with Gasteiger partial charge in [-0.25, -0.2) is 0 Å². The molecule has 0 unspecified atom stereocenters. The van der Waals surface area contributed by atoms with Crippen molar-refractivity contribution in [1.29, 1.82) is 0 Å². The van der Waals surface area contributed by atoms with Crippen molar-refractivity contribution < 1.29 is 9.59 Å². The summed E-state index contributed by atoms with van der Waals surface area (Å²) in [5.74, 6) is -0.458. The van der Waals surface area contributed by atoms with Crippen molar-refractivity contribution in [3.8, 4) is 0 Å². The van der Waals surface area contributed by atoms with Crippen LogP contribution in [0.3, 0.4) is 0 Å². The molecule has 2 amide bonds. The number of pyridine rings is 1. The third-order valence-corrected chi connectivity index (χ3v) is 4.68. The van der Waals surface area contributed by atoms with Gasteiger partial charge >= 0.3 is 0 Å². The smallest absolute Gasteiger partial charge is 0.260 e. The number of carbonyl (C=O) groups is 2. The molecule has 3 rings (SSSR count). The molecule has 2 aromatic rings. The van der Waals surface area contributed by atoms with Crippen molar-refractivity contribution >= 4 is 11.8 Å². The zero-order valence-electron chi connectivity index (χ0n) is 15.3. The van der Waals surface area contributed by atoms with Crippen LogP contribution >= 0.6 is 0 Å². The van der Waals surface area contributed by atoms with Crippen molar-refractivity contribution in [2.24, 2.45) is 0 Å². The van der Waals surface area contributed by atoms with Gasteiger partial charge in [-0.2, -0.15) is 0 Å². The summed E-state index contributed by atoms with van der Waals surface area (Å²) in [4.78, 5) is 41.3. The van der Waals surface area contributed by atoms with E-state index in [1.807, 2.05) is 37.3 Å². The zero-order chi connectivity index (χ0) is 19.2. The van der Waals surface area contributed by atoms with Gasteiger partial charge in [-0.05, 0) is 31.0 Å². The van der Waals surface area contributed by atoms with Crippen LogP contribution < -0.4 is 16.2 Å². The van der Waals surface area contributed by atoms with E-state index >= 15 is 0 Å². The monoisotopic (exact) mass is 368 g/mol. The van der Waals surface area contributed by atoms with Gasteiger partial charge in [-0.3, -0.25) is 19.3 Å². The Balaban J connectivity index is 1.72. The first kappa shape index (κ1) is 18.8. The fourth-order valence-corrected chi connectivity index (χ4v) is 3.43. The molecule has 1 aromatic carbocycles. The Bertz CT molecular complexity index is 850. The second kappa shape index (κ2) is 8.64. The van der Waals surface area contributed by atoms with Crippen LogP contribution in [0.1, 0.15) is 29.3 Å². The van der Waals surface area contributed by atoms with E-state index in [9.17, 15) is 14.4 Å². The van der Waals surface area contributed by atoms with Gasteiger partial charge in [-0.1, -0.05) is 30.3 Å². The average Bonchev–Trinajstić information content (AvgIpc) is 3.05. The number of hydrogen-bond donors (Lipinski definition) is 3. The van der Waals surface area contributed by atoms with Crippen LogP contribution in [-0.4, -0.2) is 46.9 Å². The van der Waals surface area contributed by atoms with Crippen LogP contribution in [0.2, 0.25) is 0 Å². The molecule has 1 aromatic heterocycles. The fraction of sp³-hybridized carbons (Fsp3) is 0.350. The van der Waals surface area contributed by atoms with Crippen LogP contribution in [-0.2, 0) is 11.3 Å². The molecule has 0 saturated carbocycles. The number of aromatic nitrogens is 1. The first-order valence-electron chi connectivity index (χ1n) is 9.12. The highest BCUT2D eigenvalue weighted by molar-refractivity contribution is 5.94. The SMILES string of the molecule is CCNC(=O)[C@@H]1C[C@@H](NC(=O)c2ccc[nH]c2=O)CN1Cc1ccccc1. The Kier molecular flexibility index (Phi) is 6.03. The Hall–Kier alpha value is -2.93. The fourth-order valence-electron chi connectivity index (χ4n) is 3.43. The topological polar surface area (TPSA) is 94.3 Å². The molecule has 0 radical (unpaired) electrons. The minimum Gasteiger partial charge on any atom is -0.355 e. The summed E-state index contributed by atoms with van der Waals surface area (Å²) in [7, 11) is 0. The zero-order valence-corrected chi connectivity index (χ0v) is 15.3. The van der Waals surface area contributed by atoms with Gasteiger partial charge in [0.15, 0.2) is 0 Å². The van der Waals surface area contributed by atoms with Gasteiger partial charge < -0.3 is 15.6 Å². The summed E-state index contributed by atoms with van der Waals surface area (Å²) in [5, 5.41) is 5.77. The maximum absolute atomic E-state index is 12.5. The van der Waals surface area contributed by atoms with Gasteiger partial charge in [0.05, 0.1) is 6.04 Å². The number of hydrogen-bond acceptors (Lipinski definition) is 4. The number of aromatic amines is 1. The Labute approximate surface area is 157 Å².